The van der Waals surface area contributed by atoms with E-state index in [1.165, 1.54) is 0 Å². The number of carboxylic acid groups (broad SMARTS) is 1. The second kappa shape index (κ2) is 6.43. The van der Waals surface area contributed by atoms with E-state index in [0.29, 0.717) is 6.54 Å². The number of carbonyl (C=O) groups is 1. The molecule has 0 saturated carbocycles. The van der Waals surface area contributed by atoms with Crippen molar-refractivity contribution in [2.24, 2.45) is 10.9 Å². The van der Waals surface area contributed by atoms with Gasteiger partial charge in [-0.1, -0.05) is 6.08 Å². The van der Waals surface area contributed by atoms with Crippen LogP contribution in [0.1, 0.15) is 26.7 Å². The fourth-order valence-electron chi connectivity index (χ4n) is 1.76. The molecule has 0 amide bonds. The molecule has 1 heterocycles. The zero-order valence-electron chi connectivity index (χ0n) is 10.0. The van der Waals surface area contributed by atoms with Crippen molar-refractivity contribution in [3.8, 4) is 0 Å². The van der Waals surface area contributed by atoms with Gasteiger partial charge >= 0.3 is 5.97 Å². The van der Waals surface area contributed by atoms with Crippen molar-refractivity contribution in [2.45, 2.75) is 26.7 Å². The number of aliphatic carboxylic acids is 1. The Morgan fingerprint density at radius 3 is 2.94 bits per heavy atom. The summed E-state index contributed by atoms with van der Waals surface area (Å²) in [6.07, 6.45) is 5.54. The maximum Gasteiger partial charge on any atom is 0.307 e. The molecule has 90 valence electrons. The van der Waals surface area contributed by atoms with Gasteiger partial charge in [-0.15, -0.1) is 0 Å². The fraction of sp³-hybridized carbons (Fsp3) is 0.667. The van der Waals surface area contributed by atoms with Gasteiger partial charge in [-0.25, -0.2) is 0 Å². The molecule has 1 saturated heterocycles. The van der Waals surface area contributed by atoms with E-state index in [2.05, 4.69) is 9.89 Å². The van der Waals surface area contributed by atoms with Gasteiger partial charge in [0.05, 0.1) is 5.92 Å². The average Bonchev–Trinajstić information content (AvgIpc) is 2.72. The third-order valence-corrected chi connectivity index (χ3v) is 2.91. The van der Waals surface area contributed by atoms with Crippen molar-refractivity contribution in [3.63, 3.8) is 0 Å². The molecule has 4 heteroatoms. The third kappa shape index (κ3) is 4.14. The standard InChI is InChI=1S/C12H20N2O2/c1-3-10(2)13-6-4-7-14-8-5-11(9-14)12(15)16/h3,6,11H,4-5,7-9H2,1-2H3,(H,15,16)/b10-3-,13-6?. The molecule has 0 aromatic rings. The molecule has 1 atom stereocenters. The summed E-state index contributed by atoms with van der Waals surface area (Å²) in [4.78, 5) is 17.2. The zero-order valence-corrected chi connectivity index (χ0v) is 10.0. The molecule has 4 nitrogen and oxygen atoms in total. The summed E-state index contributed by atoms with van der Waals surface area (Å²) in [7, 11) is 0. The smallest absolute Gasteiger partial charge is 0.307 e. The van der Waals surface area contributed by atoms with Crippen molar-refractivity contribution in [3.05, 3.63) is 11.8 Å². The Morgan fingerprint density at radius 1 is 1.62 bits per heavy atom. The van der Waals surface area contributed by atoms with Crippen molar-refractivity contribution in [2.75, 3.05) is 19.6 Å². The van der Waals surface area contributed by atoms with Crippen LogP contribution >= 0.6 is 0 Å². The van der Waals surface area contributed by atoms with Gasteiger partial charge in [-0.3, -0.25) is 9.79 Å². The molecule has 0 radical (unpaired) electrons. The van der Waals surface area contributed by atoms with Gasteiger partial charge in [0.15, 0.2) is 0 Å². The normalized spacial score (nSPS) is 23.1. The van der Waals surface area contributed by atoms with Crippen molar-refractivity contribution < 1.29 is 9.90 Å². The molecule has 1 unspecified atom stereocenters. The van der Waals surface area contributed by atoms with Crippen molar-refractivity contribution >= 4 is 12.2 Å². The van der Waals surface area contributed by atoms with Crippen molar-refractivity contribution in [1.29, 1.82) is 0 Å². The number of likely N-dealkylation sites (tertiary alicyclic amines) is 1. The molecule has 0 spiro atoms. The first-order valence-electron chi connectivity index (χ1n) is 5.74. The Balaban J connectivity index is 2.21. The van der Waals surface area contributed by atoms with Crippen LogP contribution in [0.15, 0.2) is 16.8 Å². The van der Waals surface area contributed by atoms with Crippen LogP contribution in [-0.4, -0.2) is 41.8 Å². The van der Waals surface area contributed by atoms with Gasteiger partial charge in [0.1, 0.15) is 0 Å². The van der Waals surface area contributed by atoms with E-state index in [1.807, 2.05) is 26.1 Å². The van der Waals surface area contributed by atoms with Crippen LogP contribution in [-0.2, 0) is 4.79 Å². The molecule has 0 aromatic heterocycles. The molecular formula is C12H20N2O2. The second-order valence-electron chi connectivity index (χ2n) is 4.15. The van der Waals surface area contributed by atoms with Crippen LogP contribution in [0.25, 0.3) is 0 Å². The second-order valence-corrected chi connectivity index (χ2v) is 4.15. The number of carboxylic acids is 1. The van der Waals surface area contributed by atoms with Gasteiger partial charge < -0.3 is 10.0 Å². The first kappa shape index (κ1) is 12.9. The van der Waals surface area contributed by atoms with Crippen LogP contribution < -0.4 is 0 Å². The van der Waals surface area contributed by atoms with Gasteiger partial charge in [0, 0.05) is 25.0 Å². The van der Waals surface area contributed by atoms with Gasteiger partial charge in [-0.05, 0) is 33.2 Å². The number of hydrogen-bond donors (Lipinski definition) is 1. The number of rotatable bonds is 5. The van der Waals surface area contributed by atoms with E-state index < -0.39 is 5.97 Å². The summed E-state index contributed by atoms with van der Waals surface area (Å²) in [5.41, 5.74) is 1.02. The van der Waals surface area contributed by atoms with Crippen LogP contribution in [0.2, 0.25) is 0 Å². The lowest BCUT2D eigenvalue weighted by Gasteiger charge is -2.12. The first-order valence-corrected chi connectivity index (χ1v) is 5.74. The molecule has 0 bridgehead atoms. The maximum atomic E-state index is 10.7. The van der Waals surface area contributed by atoms with Gasteiger partial charge in [0.25, 0.3) is 0 Å². The molecule has 16 heavy (non-hydrogen) atoms. The lowest BCUT2D eigenvalue weighted by Crippen LogP contribution is -2.24. The summed E-state index contributed by atoms with van der Waals surface area (Å²) in [5, 5.41) is 8.85. The Bertz CT molecular complexity index is 297. The Hall–Kier alpha value is -1.16. The monoisotopic (exact) mass is 224 g/mol. The Kier molecular flexibility index (Phi) is 5.19. The zero-order chi connectivity index (χ0) is 12.0. The highest BCUT2D eigenvalue weighted by Gasteiger charge is 2.27. The van der Waals surface area contributed by atoms with Gasteiger partial charge in [0.2, 0.25) is 0 Å². The summed E-state index contributed by atoms with van der Waals surface area (Å²) in [6, 6.07) is 0. The molecule has 1 aliphatic rings. The Morgan fingerprint density at radius 2 is 2.38 bits per heavy atom. The minimum Gasteiger partial charge on any atom is -0.481 e. The van der Waals surface area contributed by atoms with Crippen LogP contribution in [0, 0.1) is 5.92 Å². The number of hydrogen-bond acceptors (Lipinski definition) is 3. The predicted octanol–water partition coefficient (Wildman–Crippen LogP) is 1.78. The largest absolute Gasteiger partial charge is 0.481 e. The van der Waals surface area contributed by atoms with Crippen LogP contribution in [0.3, 0.4) is 0 Å². The Labute approximate surface area is 96.7 Å². The molecule has 0 aromatic carbocycles. The average molecular weight is 224 g/mol. The lowest BCUT2D eigenvalue weighted by molar-refractivity contribution is -0.141. The SMILES string of the molecule is C/C=C(/C)N=CCCN1CCC(C(=O)O)C1. The van der Waals surface area contributed by atoms with E-state index in [4.69, 9.17) is 5.11 Å². The molecule has 0 aliphatic carbocycles. The van der Waals surface area contributed by atoms with E-state index in [0.717, 1.165) is 31.6 Å². The quantitative estimate of drug-likeness (QED) is 0.724. The first-order chi connectivity index (χ1) is 7.63. The molecule has 1 aliphatic heterocycles. The highest BCUT2D eigenvalue weighted by atomic mass is 16.4. The highest BCUT2D eigenvalue weighted by Crippen LogP contribution is 2.15. The summed E-state index contributed by atoms with van der Waals surface area (Å²) >= 11 is 0. The number of allylic oxidation sites excluding steroid dienone is 2. The summed E-state index contributed by atoms with van der Waals surface area (Å²) < 4.78 is 0. The van der Waals surface area contributed by atoms with E-state index >= 15 is 0 Å². The van der Waals surface area contributed by atoms with Crippen molar-refractivity contribution in [1.82, 2.24) is 4.90 Å². The number of aliphatic imine (C=N–C) groups is 1. The fourth-order valence-corrected chi connectivity index (χ4v) is 1.76. The minimum atomic E-state index is -0.666. The van der Waals surface area contributed by atoms with E-state index in [1.54, 1.807) is 0 Å². The third-order valence-electron chi connectivity index (χ3n) is 2.91. The highest BCUT2D eigenvalue weighted by molar-refractivity contribution is 5.70. The predicted molar refractivity (Wildman–Crippen MR) is 64.7 cm³/mol. The number of nitrogens with zero attached hydrogens (tertiary/aromatic N) is 2. The van der Waals surface area contributed by atoms with Crippen LogP contribution in [0.5, 0.6) is 0 Å². The summed E-state index contributed by atoms with van der Waals surface area (Å²) in [6.45, 7) is 6.42. The molecule has 1 rings (SSSR count). The summed E-state index contributed by atoms with van der Waals surface area (Å²) in [5.74, 6) is -0.838. The minimum absolute atomic E-state index is 0.172. The lowest BCUT2D eigenvalue weighted by atomic mass is 10.1. The topological polar surface area (TPSA) is 52.9 Å². The maximum absolute atomic E-state index is 10.7. The molecule has 1 fully saturated rings. The van der Waals surface area contributed by atoms with Crippen LogP contribution in [0.4, 0.5) is 0 Å². The van der Waals surface area contributed by atoms with E-state index in [9.17, 15) is 4.79 Å². The van der Waals surface area contributed by atoms with E-state index in [-0.39, 0.29) is 5.92 Å². The molecular weight excluding hydrogens is 204 g/mol. The van der Waals surface area contributed by atoms with Gasteiger partial charge in [-0.2, -0.15) is 0 Å². The molecule has 1 N–H and O–H groups in total.